The number of ether oxygens (including phenoxy) is 1. The van der Waals surface area contributed by atoms with E-state index in [1.807, 2.05) is 0 Å². The van der Waals surface area contributed by atoms with Gasteiger partial charge in [-0.3, -0.25) is 0 Å². The number of carbonyl (C=O) groups excluding carboxylic acids is 1. The summed E-state index contributed by atoms with van der Waals surface area (Å²) in [4.78, 5) is 10.1. The molecule has 0 saturated heterocycles. The third kappa shape index (κ3) is 4.55. The van der Waals surface area contributed by atoms with Crippen LogP contribution in [0.2, 0.25) is 0 Å². The van der Waals surface area contributed by atoms with E-state index in [0.29, 0.717) is 6.42 Å². The minimum atomic E-state index is -0.946. The summed E-state index contributed by atoms with van der Waals surface area (Å²) in [7, 11) is 0. The molecular weight excluding hydrogens is 163 g/mol. The van der Waals surface area contributed by atoms with Gasteiger partial charge >= 0.3 is 5.43 Å². The summed E-state index contributed by atoms with van der Waals surface area (Å²) < 4.78 is 4.48. The van der Waals surface area contributed by atoms with Gasteiger partial charge in [-0.1, -0.05) is 18.5 Å². The number of hydrogen-bond donors (Lipinski definition) is 0. The lowest BCUT2D eigenvalue weighted by Crippen LogP contribution is -2.20. The molecule has 0 spiro atoms. The van der Waals surface area contributed by atoms with Gasteiger partial charge < -0.3 is 4.74 Å². The largest absolute Gasteiger partial charge is 0.431 e. The van der Waals surface area contributed by atoms with Gasteiger partial charge in [-0.05, 0) is 13.3 Å². The summed E-state index contributed by atoms with van der Waals surface area (Å²) in [6.45, 7) is 3.38. The third-order valence-corrected chi connectivity index (χ3v) is 1.35. The van der Waals surface area contributed by atoms with Gasteiger partial charge in [-0.25, -0.2) is 4.79 Å². The first-order valence-corrected chi connectivity index (χ1v) is 3.31. The van der Waals surface area contributed by atoms with Crippen LogP contribution in [0.3, 0.4) is 0 Å². The van der Waals surface area contributed by atoms with Gasteiger partial charge in [-0.15, -0.1) is 0 Å². The van der Waals surface area contributed by atoms with Crippen molar-refractivity contribution in [1.29, 1.82) is 0 Å². The molecule has 54 valence electrons. The molecule has 1 atom stereocenters. The van der Waals surface area contributed by atoms with Crippen LogP contribution in [0.4, 0.5) is 4.79 Å². The molecule has 2 nitrogen and oxygen atoms in total. The quantitative estimate of drug-likeness (QED) is 0.471. The van der Waals surface area contributed by atoms with E-state index in [2.05, 4.69) is 4.74 Å². The summed E-state index contributed by atoms with van der Waals surface area (Å²) in [5, 5.41) is -0.946. The van der Waals surface area contributed by atoms with Gasteiger partial charge in [0.15, 0.2) is 5.06 Å². The van der Waals surface area contributed by atoms with Crippen molar-refractivity contribution in [1.82, 2.24) is 0 Å². The topological polar surface area (TPSA) is 26.3 Å². The molecule has 0 aromatic heterocycles. The normalized spacial score (nSPS) is 16.4. The predicted molar refractivity (Wildman–Crippen MR) is 36.9 cm³/mol. The second kappa shape index (κ2) is 3.28. The molecule has 0 fully saturated rings. The highest BCUT2D eigenvalue weighted by Gasteiger charge is 2.21. The standard InChI is InChI=1S/C5H8Cl2O2/c1-3-5(2,7)9-4(6)8/h3H2,1-2H3. The monoisotopic (exact) mass is 170 g/mol. The smallest absolute Gasteiger partial charge is 0.405 e. The molecule has 1 unspecified atom stereocenters. The Morgan fingerprint density at radius 2 is 2.22 bits per heavy atom. The summed E-state index contributed by atoms with van der Waals surface area (Å²) in [6.07, 6.45) is 0.535. The van der Waals surface area contributed by atoms with Gasteiger partial charge in [0.2, 0.25) is 0 Å². The number of halogens is 2. The molecule has 0 aliphatic rings. The maximum absolute atomic E-state index is 10.1. The maximum atomic E-state index is 10.1. The first kappa shape index (κ1) is 9.05. The van der Waals surface area contributed by atoms with Gasteiger partial charge in [0.1, 0.15) is 0 Å². The van der Waals surface area contributed by atoms with Crippen LogP contribution in [0.5, 0.6) is 0 Å². The van der Waals surface area contributed by atoms with Crippen molar-refractivity contribution >= 4 is 28.6 Å². The van der Waals surface area contributed by atoms with Crippen LogP contribution in [0.15, 0.2) is 0 Å². The number of carbonyl (C=O) groups is 1. The zero-order valence-electron chi connectivity index (χ0n) is 5.28. The van der Waals surface area contributed by atoms with Crippen LogP contribution < -0.4 is 0 Å². The molecule has 0 saturated carbocycles. The fourth-order valence-corrected chi connectivity index (χ4v) is 0.519. The van der Waals surface area contributed by atoms with E-state index in [1.54, 1.807) is 13.8 Å². The fourth-order valence-electron chi connectivity index (χ4n) is 0.239. The van der Waals surface area contributed by atoms with E-state index < -0.39 is 10.5 Å². The lowest BCUT2D eigenvalue weighted by atomic mass is 10.3. The van der Waals surface area contributed by atoms with E-state index in [4.69, 9.17) is 23.2 Å². The molecule has 0 rings (SSSR count). The van der Waals surface area contributed by atoms with E-state index >= 15 is 0 Å². The molecule has 0 bridgehead atoms. The van der Waals surface area contributed by atoms with E-state index in [9.17, 15) is 4.79 Å². The van der Waals surface area contributed by atoms with Crippen molar-refractivity contribution < 1.29 is 9.53 Å². The Morgan fingerprint density at radius 1 is 1.78 bits per heavy atom. The molecule has 0 radical (unpaired) electrons. The van der Waals surface area contributed by atoms with Crippen LogP contribution in [0.1, 0.15) is 20.3 Å². The first-order chi connectivity index (χ1) is 3.98. The number of hydrogen-bond acceptors (Lipinski definition) is 2. The van der Waals surface area contributed by atoms with Crippen LogP contribution in [0.25, 0.3) is 0 Å². The van der Waals surface area contributed by atoms with Crippen molar-refractivity contribution in [3.63, 3.8) is 0 Å². The number of rotatable bonds is 2. The SMILES string of the molecule is CCC(C)(Cl)OC(=O)Cl. The molecule has 0 aromatic carbocycles. The predicted octanol–water partition coefficient (Wildman–Crippen LogP) is 2.73. The average molecular weight is 171 g/mol. The van der Waals surface area contributed by atoms with Crippen LogP contribution >= 0.6 is 23.2 Å². The highest BCUT2D eigenvalue weighted by molar-refractivity contribution is 6.61. The fraction of sp³-hybridized carbons (Fsp3) is 0.800. The first-order valence-electron chi connectivity index (χ1n) is 2.55. The van der Waals surface area contributed by atoms with Crippen molar-refractivity contribution in [3.8, 4) is 0 Å². The molecule has 0 amide bonds. The molecular formula is C5H8Cl2O2. The van der Waals surface area contributed by atoms with Crippen LogP contribution in [-0.4, -0.2) is 10.5 Å². The molecule has 0 aliphatic heterocycles. The van der Waals surface area contributed by atoms with E-state index in [1.165, 1.54) is 0 Å². The van der Waals surface area contributed by atoms with Gasteiger partial charge in [0, 0.05) is 11.6 Å². The molecule has 0 heterocycles. The summed E-state index contributed by atoms with van der Waals surface area (Å²) in [5.41, 5.74) is -0.866. The third-order valence-electron chi connectivity index (χ3n) is 0.925. The Morgan fingerprint density at radius 3 is 2.33 bits per heavy atom. The Labute approximate surface area is 64.1 Å². The number of alkyl halides is 1. The second-order valence-electron chi connectivity index (χ2n) is 1.80. The van der Waals surface area contributed by atoms with Crippen molar-refractivity contribution in [2.75, 3.05) is 0 Å². The Kier molecular flexibility index (Phi) is 3.30. The maximum Gasteiger partial charge on any atom is 0.405 e. The highest BCUT2D eigenvalue weighted by Crippen LogP contribution is 2.20. The van der Waals surface area contributed by atoms with Crippen LogP contribution in [-0.2, 0) is 4.74 Å². The van der Waals surface area contributed by atoms with Crippen molar-refractivity contribution in [3.05, 3.63) is 0 Å². The highest BCUT2D eigenvalue weighted by atomic mass is 35.5. The zero-order valence-corrected chi connectivity index (χ0v) is 6.79. The van der Waals surface area contributed by atoms with E-state index in [0.717, 1.165) is 0 Å². The summed E-state index contributed by atoms with van der Waals surface area (Å²) >= 11 is 10.5. The van der Waals surface area contributed by atoms with Crippen LogP contribution in [0, 0.1) is 0 Å². The zero-order chi connectivity index (χ0) is 7.49. The van der Waals surface area contributed by atoms with Crippen molar-refractivity contribution in [2.24, 2.45) is 0 Å². The lowest BCUT2D eigenvalue weighted by Gasteiger charge is -2.17. The molecule has 0 aliphatic carbocycles. The lowest BCUT2D eigenvalue weighted by molar-refractivity contribution is 0.102. The second-order valence-corrected chi connectivity index (χ2v) is 2.90. The van der Waals surface area contributed by atoms with Gasteiger partial charge in [-0.2, -0.15) is 0 Å². The minimum Gasteiger partial charge on any atom is -0.431 e. The Balaban J connectivity index is 3.71. The Bertz CT molecular complexity index is 112. The molecule has 0 N–H and O–H groups in total. The van der Waals surface area contributed by atoms with E-state index in [-0.39, 0.29) is 0 Å². The molecule has 0 aromatic rings. The van der Waals surface area contributed by atoms with Crippen molar-refractivity contribution in [2.45, 2.75) is 25.3 Å². The average Bonchev–Trinajstić information content (AvgIpc) is 1.63. The summed E-state index contributed by atoms with van der Waals surface area (Å²) in [5.74, 6) is 0. The minimum absolute atomic E-state index is 0.535. The molecule has 4 heteroatoms. The van der Waals surface area contributed by atoms with Gasteiger partial charge in [0.25, 0.3) is 0 Å². The molecule has 9 heavy (non-hydrogen) atoms. The van der Waals surface area contributed by atoms with Gasteiger partial charge in [0.05, 0.1) is 0 Å². The Hall–Kier alpha value is 0.0500. The summed E-state index contributed by atoms with van der Waals surface area (Å²) in [6, 6.07) is 0.